The molecule has 7 heteroatoms. The minimum Gasteiger partial charge on any atom is -0.372 e. The maximum absolute atomic E-state index is 13.0. The average Bonchev–Trinajstić information content (AvgIpc) is 3.06. The van der Waals surface area contributed by atoms with Gasteiger partial charge in [-0.15, -0.1) is 0 Å². The summed E-state index contributed by atoms with van der Waals surface area (Å²) < 4.78 is 25.0. The van der Waals surface area contributed by atoms with E-state index < -0.39 is 5.82 Å². The number of pyridine rings is 1. The molecule has 6 nitrogen and oxygen atoms in total. The zero-order valence-electron chi connectivity index (χ0n) is 13.9. The van der Waals surface area contributed by atoms with Crippen LogP contribution in [0.1, 0.15) is 25.0 Å². The number of rotatable bonds is 5. The number of hydrogen-bond acceptors (Lipinski definition) is 6. The third-order valence-corrected chi connectivity index (χ3v) is 4.78. The highest BCUT2D eigenvalue weighted by atomic mass is 19.1. The molecule has 0 amide bonds. The second kappa shape index (κ2) is 7.41. The first-order valence-corrected chi connectivity index (χ1v) is 8.67. The number of fused-ring (bicyclic) bond motifs is 1. The van der Waals surface area contributed by atoms with Crippen LogP contribution in [-0.4, -0.2) is 46.4 Å². The van der Waals surface area contributed by atoms with Crippen molar-refractivity contribution in [2.24, 2.45) is 0 Å². The first-order chi connectivity index (χ1) is 12.3. The molecule has 2 fully saturated rings. The van der Waals surface area contributed by atoms with Gasteiger partial charge in [0.2, 0.25) is 5.95 Å². The van der Waals surface area contributed by atoms with Gasteiger partial charge in [-0.25, -0.2) is 14.4 Å². The second-order valence-corrected chi connectivity index (χ2v) is 6.46. The Labute approximate surface area is 146 Å². The maximum Gasteiger partial charge on any atom is 0.225 e. The summed E-state index contributed by atoms with van der Waals surface area (Å²) in [5.41, 5.74) is 0.927. The lowest BCUT2D eigenvalue weighted by Crippen LogP contribution is -2.44. The van der Waals surface area contributed by atoms with Crippen LogP contribution in [0.3, 0.4) is 0 Å². The monoisotopic (exact) mass is 344 g/mol. The maximum atomic E-state index is 13.0. The Hall–Kier alpha value is -2.12. The summed E-state index contributed by atoms with van der Waals surface area (Å²) >= 11 is 0. The van der Waals surface area contributed by atoms with Crippen molar-refractivity contribution in [3.63, 3.8) is 0 Å². The van der Waals surface area contributed by atoms with E-state index in [2.05, 4.69) is 19.9 Å². The van der Waals surface area contributed by atoms with Crippen molar-refractivity contribution in [3.8, 4) is 0 Å². The van der Waals surface area contributed by atoms with Gasteiger partial charge in [0.15, 0.2) is 5.82 Å². The molecule has 25 heavy (non-hydrogen) atoms. The largest absolute Gasteiger partial charge is 0.372 e. The van der Waals surface area contributed by atoms with Gasteiger partial charge in [0.05, 0.1) is 49.6 Å². The van der Waals surface area contributed by atoms with Crippen LogP contribution in [0.25, 0.3) is 0 Å². The van der Waals surface area contributed by atoms with Crippen molar-refractivity contribution in [2.75, 3.05) is 18.1 Å². The molecule has 0 radical (unpaired) electrons. The number of ether oxygens (including phenoxy) is 2. The number of anilines is 1. The van der Waals surface area contributed by atoms with E-state index in [1.165, 1.54) is 12.4 Å². The molecule has 2 aromatic rings. The molecular weight excluding hydrogens is 323 g/mol. The van der Waals surface area contributed by atoms with E-state index in [1.54, 1.807) is 6.20 Å². The quantitative estimate of drug-likeness (QED) is 0.830. The lowest BCUT2D eigenvalue weighted by molar-refractivity contribution is -0.0892. The first kappa shape index (κ1) is 16.4. The van der Waals surface area contributed by atoms with Gasteiger partial charge in [0.1, 0.15) is 0 Å². The number of nitrogens with zero attached hydrogens (tertiary/aromatic N) is 4. The molecule has 2 aliphatic rings. The average molecular weight is 344 g/mol. The Morgan fingerprint density at radius 2 is 2.04 bits per heavy atom. The molecule has 2 aliphatic heterocycles. The van der Waals surface area contributed by atoms with E-state index in [9.17, 15) is 4.39 Å². The predicted molar refractivity (Wildman–Crippen MR) is 89.5 cm³/mol. The molecular formula is C18H21FN4O2. The summed E-state index contributed by atoms with van der Waals surface area (Å²) in [6.45, 7) is 1.92. The van der Waals surface area contributed by atoms with Crippen LogP contribution in [0.4, 0.5) is 10.3 Å². The highest BCUT2D eigenvalue weighted by Crippen LogP contribution is 2.33. The lowest BCUT2D eigenvalue weighted by Gasteiger charge is -2.35. The zero-order valence-corrected chi connectivity index (χ0v) is 13.9. The smallest absolute Gasteiger partial charge is 0.225 e. The molecule has 2 saturated heterocycles. The predicted octanol–water partition coefficient (Wildman–Crippen LogP) is 2.35. The van der Waals surface area contributed by atoms with Crippen LogP contribution in [0, 0.1) is 5.82 Å². The Bertz CT molecular complexity index is 685. The van der Waals surface area contributed by atoms with Gasteiger partial charge in [0, 0.05) is 12.7 Å². The van der Waals surface area contributed by atoms with Crippen LogP contribution in [0.5, 0.6) is 0 Å². The lowest BCUT2D eigenvalue weighted by atomic mass is 9.99. The Morgan fingerprint density at radius 1 is 1.16 bits per heavy atom. The summed E-state index contributed by atoms with van der Waals surface area (Å²) in [6, 6.07) is 6.07. The molecule has 0 spiro atoms. The fraction of sp³-hybridized carbons (Fsp3) is 0.500. The van der Waals surface area contributed by atoms with E-state index in [1.807, 2.05) is 18.2 Å². The fourth-order valence-electron chi connectivity index (χ4n) is 3.60. The minimum atomic E-state index is -0.412. The highest BCUT2D eigenvalue weighted by Gasteiger charge is 2.40. The van der Waals surface area contributed by atoms with E-state index in [0.717, 1.165) is 31.5 Å². The molecule has 0 bridgehead atoms. The van der Waals surface area contributed by atoms with Crippen LogP contribution in [0.2, 0.25) is 0 Å². The molecule has 0 unspecified atom stereocenters. The highest BCUT2D eigenvalue weighted by molar-refractivity contribution is 5.34. The Kier molecular flexibility index (Phi) is 4.85. The number of aromatic nitrogens is 3. The molecule has 0 saturated carbocycles. The molecule has 2 aromatic heterocycles. The summed E-state index contributed by atoms with van der Waals surface area (Å²) in [7, 11) is 0. The van der Waals surface area contributed by atoms with Crippen LogP contribution in [0.15, 0.2) is 36.8 Å². The van der Waals surface area contributed by atoms with Crippen molar-refractivity contribution in [2.45, 2.75) is 44.1 Å². The van der Waals surface area contributed by atoms with E-state index in [0.29, 0.717) is 19.2 Å². The van der Waals surface area contributed by atoms with Gasteiger partial charge < -0.3 is 14.4 Å². The summed E-state index contributed by atoms with van der Waals surface area (Å²) in [5.74, 6) is 0.173. The molecule has 4 heterocycles. The molecule has 4 rings (SSSR count). The Balaban J connectivity index is 1.29. The standard InChI is InChI=1S/C18H21FN4O2/c19-13-9-21-18(22-10-13)23-8-6-17-16(23)5-4-15(25-17)12-24-11-14-3-1-2-7-20-14/h1-3,7,9-10,15-17H,4-6,8,11-12H2/t15-,16-,17-/m0/s1. The SMILES string of the molecule is Fc1cnc(N2CC[C@@H]3O[C@H](COCc4ccccn4)CC[C@@H]32)nc1. The molecule has 3 atom stereocenters. The van der Waals surface area contributed by atoms with Crippen molar-refractivity contribution in [3.05, 3.63) is 48.3 Å². The summed E-state index contributed by atoms with van der Waals surface area (Å²) in [5, 5.41) is 0. The van der Waals surface area contributed by atoms with Gasteiger partial charge in [-0.3, -0.25) is 4.98 Å². The summed E-state index contributed by atoms with van der Waals surface area (Å²) in [6.07, 6.45) is 7.34. The minimum absolute atomic E-state index is 0.110. The number of halogens is 1. The van der Waals surface area contributed by atoms with E-state index >= 15 is 0 Å². The van der Waals surface area contributed by atoms with Crippen molar-refractivity contribution in [1.82, 2.24) is 15.0 Å². The van der Waals surface area contributed by atoms with Gasteiger partial charge in [0.25, 0.3) is 0 Å². The molecule has 0 aromatic carbocycles. The third kappa shape index (κ3) is 3.77. The van der Waals surface area contributed by atoms with Crippen molar-refractivity contribution >= 4 is 5.95 Å². The van der Waals surface area contributed by atoms with Gasteiger partial charge >= 0.3 is 0 Å². The number of hydrogen-bond donors (Lipinski definition) is 0. The van der Waals surface area contributed by atoms with E-state index in [4.69, 9.17) is 9.47 Å². The van der Waals surface area contributed by atoms with Gasteiger partial charge in [-0.05, 0) is 31.4 Å². The van der Waals surface area contributed by atoms with Crippen molar-refractivity contribution in [1.29, 1.82) is 0 Å². The summed E-state index contributed by atoms with van der Waals surface area (Å²) in [4.78, 5) is 14.6. The molecule has 0 N–H and O–H groups in total. The van der Waals surface area contributed by atoms with E-state index in [-0.39, 0.29) is 18.2 Å². The molecule has 132 valence electrons. The fourth-order valence-corrected chi connectivity index (χ4v) is 3.60. The second-order valence-electron chi connectivity index (χ2n) is 6.46. The normalized spacial score (nSPS) is 25.8. The van der Waals surface area contributed by atoms with Crippen LogP contribution >= 0.6 is 0 Å². The van der Waals surface area contributed by atoms with Gasteiger partial charge in [-0.1, -0.05) is 6.07 Å². The topological polar surface area (TPSA) is 60.4 Å². The molecule has 0 aliphatic carbocycles. The van der Waals surface area contributed by atoms with Crippen LogP contribution in [-0.2, 0) is 16.1 Å². The van der Waals surface area contributed by atoms with Crippen LogP contribution < -0.4 is 4.90 Å². The Morgan fingerprint density at radius 3 is 2.84 bits per heavy atom. The van der Waals surface area contributed by atoms with Gasteiger partial charge in [-0.2, -0.15) is 0 Å². The third-order valence-electron chi connectivity index (χ3n) is 4.78. The first-order valence-electron chi connectivity index (χ1n) is 8.67. The van der Waals surface area contributed by atoms with Crippen molar-refractivity contribution < 1.29 is 13.9 Å². The zero-order chi connectivity index (χ0) is 17.1.